The summed E-state index contributed by atoms with van der Waals surface area (Å²) in [5, 5.41) is 10.6. The summed E-state index contributed by atoms with van der Waals surface area (Å²) in [6, 6.07) is 5.15. The molecule has 2 aromatic rings. The van der Waals surface area contributed by atoms with Crippen molar-refractivity contribution in [1.29, 1.82) is 0 Å². The third-order valence-corrected chi connectivity index (χ3v) is 4.22. The van der Waals surface area contributed by atoms with E-state index in [9.17, 15) is 8.42 Å². The van der Waals surface area contributed by atoms with Gasteiger partial charge in [0, 0.05) is 37.7 Å². The SMILES string of the molecule is CC(C)NCc1cc(S(=O)(=O)Nc2cccnn2)cn1C. The zero-order valence-electron chi connectivity index (χ0n) is 12.2. The summed E-state index contributed by atoms with van der Waals surface area (Å²) in [7, 11) is -1.84. The van der Waals surface area contributed by atoms with E-state index in [0.29, 0.717) is 12.6 Å². The largest absolute Gasteiger partial charge is 0.352 e. The van der Waals surface area contributed by atoms with E-state index in [0.717, 1.165) is 5.69 Å². The Kier molecular flexibility index (Phi) is 4.59. The fourth-order valence-corrected chi connectivity index (χ4v) is 2.85. The average Bonchev–Trinajstić information content (AvgIpc) is 2.79. The number of sulfonamides is 1. The Bertz CT molecular complexity index is 695. The van der Waals surface area contributed by atoms with Crippen LogP contribution in [0.2, 0.25) is 0 Å². The zero-order valence-corrected chi connectivity index (χ0v) is 13.1. The molecule has 114 valence electrons. The van der Waals surface area contributed by atoms with E-state index in [1.807, 2.05) is 20.9 Å². The van der Waals surface area contributed by atoms with Crippen LogP contribution in [0.3, 0.4) is 0 Å². The van der Waals surface area contributed by atoms with Crippen LogP contribution in [0.25, 0.3) is 0 Å². The topological polar surface area (TPSA) is 88.9 Å². The zero-order chi connectivity index (χ0) is 15.5. The van der Waals surface area contributed by atoms with E-state index < -0.39 is 10.0 Å². The van der Waals surface area contributed by atoms with Crippen molar-refractivity contribution >= 4 is 15.8 Å². The molecule has 0 aliphatic rings. The molecule has 2 heterocycles. The molecular weight excluding hydrogens is 290 g/mol. The van der Waals surface area contributed by atoms with Gasteiger partial charge in [-0.2, -0.15) is 5.10 Å². The number of nitrogens with zero attached hydrogens (tertiary/aromatic N) is 3. The van der Waals surface area contributed by atoms with Gasteiger partial charge in [0.25, 0.3) is 10.0 Å². The number of hydrogen-bond donors (Lipinski definition) is 2. The first-order chi connectivity index (χ1) is 9.88. The molecular formula is C13H19N5O2S. The lowest BCUT2D eigenvalue weighted by atomic mass is 10.3. The summed E-state index contributed by atoms with van der Waals surface area (Å²) < 4.78 is 28.8. The second-order valence-electron chi connectivity index (χ2n) is 5.03. The van der Waals surface area contributed by atoms with Gasteiger partial charge < -0.3 is 9.88 Å². The van der Waals surface area contributed by atoms with E-state index in [1.165, 1.54) is 6.20 Å². The van der Waals surface area contributed by atoms with Gasteiger partial charge in [0.15, 0.2) is 5.82 Å². The van der Waals surface area contributed by atoms with Crippen molar-refractivity contribution in [1.82, 2.24) is 20.1 Å². The smallest absolute Gasteiger partial charge is 0.264 e. The summed E-state index contributed by atoms with van der Waals surface area (Å²) in [5.74, 6) is 0.197. The van der Waals surface area contributed by atoms with Crippen molar-refractivity contribution in [2.45, 2.75) is 31.3 Å². The lowest BCUT2D eigenvalue weighted by Crippen LogP contribution is -2.22. The van der Waals surface area contributed by atoms with Crippen molar-refractivity contribution in [3.8, 4) is 0 Å². The van der Waals surface area contributed by atoms with Crippen molar-refractivity contribution in [2.75, 3.05) is 4.72 Å². The molecule has 2 N–H and O–H groups in total. The summed E-state index contributed by atoms with van der Waals surface area (Å²) in [5.41, 5.74) is 0.892. The molecule has 0 aliphatic carbocycles. The van der Waals surface area contributed by atoms with Gasteiger partial charge in [0.1, 0.15) is 4.90 Å². The Morgan fingerprint density at radius 1 is 1.38 bits per heavy atom. The molecule has 0 saturated heterocycles. The number of anilines is 1. The Hall–Kier alpha value is -1.93. The van der Waals surface area contributed by atoms with Crippen molar-refractivity contribution < 1.29 is 8.42 Å². The van der Waals surface area contributed by atoms with E-state index >= 15 is 0 Å². The minimum Gasteiger partial charge on any atom is -0.352 e. The molecule has 0 spiro atoms. The number of rotatable bonds is 6. The molecule has 0 aliphatic heterocycles. The van der Waals surface area contributed by atoms with Crippen LogP contribution in [-0.4, -0.2) is 29.2 Å². The Labute approximate surface area is 124 Å². The lowest BCUT2D eigenvalue weighted by Gasteiger charge is -2.08. The second kappa shape index (κ2) is 6.23. The fraction of sp³-hybridized carbons (Fsp3) is 0.385. The maximum atomic E-state index is 12.3. The summed E-state index contributed by atoms with van der Waals surface area (Å²) in [6.45, 7) is 4.68. The molecule has 2 aromatic heterocycles. The molecule has 0 aromatic carbocycles. The van der Waals surface area contributed by atoms with Crippen LogP contribution >= 0.6 is 0 Å². The van der Waals surface area contributed by atoms with Gasteiger partial charge in [-0.05, 0) is 18.2 Å². The predicted octanol–water partition coefficient (Wildman–Crippen LogP) is 1.11. The first-order valence-electron chi connectivity index (χ1n) is 6.57. The molecule has 0 radical (unpaired) electrons. The predicted molar refractivity (Wildman–Crippen MR) is 80.2 cm³/mol. The highest BCUT2D eigenvalue weighted by atomic mass is 32.2. The van der Waals surface area contributed by atoms with Crippen LogP contribution < -0.4 is 10.0 Å². The van der Waals surface area contributed by atoms with Crippen LogP contribution in [0.15, 0.2) is 35.5 Å². The van der Waals surface area contributed by atoms with Crippen LogP contribution in [0, 0.1) is 0 Å². The monoisotopic (exact) mass is 309 g/mol. The number of aromatic nitrogens is 3. The van der Waals surface area contributed by atoms with Crippen LogP contribution in [0.5, 0.6) is 0 Å². The molecule has 0 atom stereocenters. The van der Waals surface area contributed by atoms with Gasteiger partial charge in [0.2, 0.25) is 0 Å². The van der Waals surface area contributed by atoms with Gasteiger partial charge in [-0.1, -0.05) is 13.8 Å². The molecule has 0 bridgehead atoms. The maximum absolute atomic E-state index is 12.3. The van der Waals surface area contributed by atoms with Gasteiger partial charge >= 0.3 is 0 Å². The van der Waals surface area contributed by atoms with Gasteiger partial charge in [-0.25, -0.2) is 8.42 Å². The molecule has 2 rings (SSSR count). The molecule has 21 heavy (non-hydrogen) atoms. The van der Waals surface area contributed by atoms with Crippen molar-refractivity contribution in [3.63, 3.8) is 0 Å². The molecule has 0 unspecified atom stereocenters. The molecule has 0 saturated carbocycles. The van der Waals surface area contributed by atoms with Crippen LogP contribution in [0.1, 0.15) is 19.5 Å². The average molecular weight is 309 g/mol. The Balaban J connectivity index is 2.19. The molecule has 8 heteroatoms. The highest BCUT2D eigenvalue weighted by molar-refractivity contribution is 7.92. The van der Waals surface area contributed by atoms with Crippen LogP contribution in [-0.2, 0) is 23.6 Å². The Morgan fingerprint density at radius 3 is 2.76 bits per heavy atom. The second-order valence-corrected chi connectivity index (χ2v) is 6.71. The van der Waals surface area contributed by atoms with E-state index in [1.54, 1.807) is 29.0 Å². The van der Waals surface area contributed by atoms with E-state index in [4.69, 9.17) is 0 Å². The van der Waals surface area contributed by atoms with Crippen LogP contribution in [0.4, 0.5) is 5.82 Å². The quantitative estimate of drug-likeness (QED) is 0.834. The number of hydrogen-bond acceptors (Lipinski definition) is 5. The first-order valence-corrected chi connectivity index (χ1v) is 8.06. The summed E-state index contributed by atoms with van der Waals surface area (Å²) in [4.78, 5) is 0.205. The minimum atomic E-state index is -3.65. The summed E-state index contributed by atoms with van der Waals surface area (Å²) >= 11 is 0. The normalized spacial score (nSPS) is 11.8. The van der Waals surface area contributed by atoms with Gasteiger partial charge in [-0.15, -0.1) is 5.10 Å². The molecule has 7 nitrogen and oxygen atoms in total. The van der Waals surface area contributed by atoms with E-state index in [2.05, 4.69) is 20.2 Å². The third kappa shape index (κ3) is 4.02. The minimum absolute atomic E-state index is 0.197. The molecule has 0 fully saturated rings. The van der Waals surface area contributed by atoms with Crippen molar-refractivity contribution in [3.05, 3.63) is 36.3 Å². The Morgan fingerprint density at radius 2 is 2.14 bits per heavy atom. The van der Waals surface area contributed by atoms with E-state index in [-0.39, 0.29) is 10.7 Å². The highest BCUT2D eigenvalue weighted by Crippen LogP contribution is 2.16. The standard InChI is InChI=1S/C13H19N5O2S/c1-10(2)14-8-11-7-12(9-18(11)3)21(19,20)17-13-5-4-6-15-16-13/h4-7,9-10,14H,8H2,1-3H3,(H,16,17). The number of aryl methyl sites for hydroxylation is 1. The summed E-state index contributed by atoms with van der Waals surface area (Å²) in [6.07, 6.45) is 3.06. The lowest BCUT2D eigenvalue weighted by molar-refractivity contribution is 0.571. The maximum Gasteiger partial charge on any atom is 0.264 e. The van der Waals surface area contributed by atoms with Gasteiger partial charge in [-0.3, -0.25) is 4.72 Å². The number of nitrogens with one attached hydrogen (secondary N) is 2. The van der Waals surface area contributed by atoms with Gasteiger partial charge in [0.05, 0.1) is 0 Å². The highest BCUT2D eigenvalue weighted by Gasteiger charge is 2.18. The molecule has 0 amide bonds. The van der Waals surface area contributed by atoms with Crippen molar-refractivity contribution in [2.24, 2.45) is 7.05 Å². The fourth-order valence-electron chi connectivity index (χ4n) is 1.76. The third-order valence-electron chi connectivity index (χ3n) is 2.90. The first kappa shape index (κ1) is 15.5.